The van der Waals surface area contributed by atoms with Crippen LogP contribution in [0.4, 0.5) is 0 Å². The van der Waals surface area contributed by atoms with Crippen molar-refractivity contribution in [2.24, 2.45) is 0 Å². The average molecular weight is 276 g/mol. The minimum absolute atomic E-state index is 0.319. The number of rotatable bonds is 10. The van der Waals surface area contributed by atoms with E-state index in [1.807, 2.05) is 23.2 Å². The normalized spacial score (nSPS) is 10.5. The smallest absolute Gasteiger partial charge is 0.222 e. The van der Waals surface area contributed by atoms with E-state index in [0.717, 1.165) is 51.6 Å². The van der Waals surface area contributed by atoms with Gasteiger partial charge in [-0.1, -0.05) is 25.8 Å². The molecular weight excluding hydrogens is 248 g/mol. The molecule has 0 N–H and O–H groups in total. The molecular formula is C17H28N2O. The third-order valence-corrected chi connectivity index (χ3v) is 3.57. The Kier molecular flexibility index (Phi) is 8.68. The molecule has 1 aromatic rings. The van der Waals surface area contributed by atoms with Gasteiger partial charge in [0.05, 0.1) is 0 Å². The van der Waals surface area contributed by atoms with Gasteiger partial charge >= 0.3 is 0 Å². The van der Waals surface area contributed by atoms with Crippen molar-refractivity contribution in [3.8, 4) is 0 Å². The van der Waals surface area contributed by atoms with Crippen LogP contribution >= 0.6 is 0 Å². The van der Waals surface area contributed by atoms with Crippen molar-refractivity contribution in [3.05, 3.63) is 30.1 Å². The SMILES string of the molecule is CCCCC(=O)N(CC)CCCCCc1ccccn1. The number of carbonyl (C=O) groups is 1. The second-order valence-electron chi connectivity index (χ2n) is 5.21. The van der Waals surface area contributed by atoms with Crippen molar-refractivity contribution in [3.63, 3.8) is 0 Å². The monoisotopic (exact) mass is 276 g/mol. The van der Waals surface area contributed by atoms with E-state index in [9.17, 15) is 4.79 Å². The van der Waals surface area contributed by atoms with E-state index in [1.54, 1.807) is 0 Å². The molecule has 3 heteroatoms. The van der Waals surface area contributed by atoms with Crippen LogP contribution in [-0.2, 0) is 11.2 Å². The molecule has 20 heavy (non-hydrogen) atoms. The number of nitrogens with zero attached hydrogens (tertiary/aromatic N) is 2. The largest absolute Gasteiger partial charge is 0.343 e. The van der Waals surface area contributed by atoms with Crippen molar-refractivity contribution in [1.82, 2.24) is 9.88 Å². The predicted octanol–water partition coefficient (Wildman–Crippen LogP) is 3.83. The molecule has 0 aromatic carbocycles. The summed E-state index contributed by atoms with van der Waals surface area (Å²) in [5.74, 6) is 0.319. The fourth-order valence-corrected chi connectivity index (χ4v) is 2.28. The van der Waals surface area contributed by atoms with Crippen LogP contribution in [0.3, 0.4) is 0 Å². The highest BCUT2D eigenvalue weighted by Crippen LogP contribution is 2.06. The number of aromatic nitrogens is 1. The van der Waals surface area contributed by atoms with Gasteiger partial charge in [0.15, 0.2) is 0 Å². The summed E-state index contributed by atoms with van der Waals surface area (Å²) in [6.07, 6.45) is 9.10. The lowest BCUT2D eigenvalue weighted by Crippen LogP contribution is -2.31. The molecule has 0 saturated heterocycles. The van der Waals surface area contributed by atoms with Crippen LogP contribution in [-0.4, -0.2) is 28.9 Å². The quantitative estimate of drug-likeness (QED) is 0.608. The number of aryl methyl sites for hydroxylation is 1. The highest BCUT2D eigenvalue weighted by Gasteiger charge is 2.09. The molecule has 1 amide bonds. The number of hydrogen-bond acceptors (Lipinski definition) is 2. The number of unbranched alkanes of at least 4 members (excludes halogenated alkanes) is 3. The van der Waals surface area contributed by atoms with Crippen molar-refractivity contribution in [2.75, 3.05) is 13.1 Å². The Morgan fingerprint density at radius 2 is 2.00 bits per heavy atom. The molecule has 0 atom stereocenters. The van der Waals surface area contributed by atoms with Gasteiger partial charge in [-0.05, 0) is 44.7 Å². The number of amides is 1. The van der Waals surface area contributed by atoms with E-state index in [1.165, 1.54) is 5.69 Å². The summed E-state index contributed by atoms with van der Waals surface area (Å²) in [7, 11) is 0. The summed E-state index contributed by atoms with van der Waals surface area (Å²) in [4.78, 5) is 18.3. The Morgan fingerprint density at radius 1 is 1.15 bits per heavy atom. The van der Waals surface area contributed by atoms with E-state index in [2.05, 4.69) is 24.9 Å². The minimum atomic E-state index is 0.319. The van der Waals surface area contributed by atoms with Crippen molar-refractivity contribution < 1.29 is 4.79 Å². The van der Waals surface area contributed by atoms with E-state index >= 15 is 0 Å². The Morgan fingerprint density at radius 3 is 2.65 bits per heavy atom. The molecule has 3 nitrogen and oxygen atoms in total. The van der Waals surface area contributed by atoms with E-state index in [4.69, 9.17) is 0 Å². The van der Waals surface area contributed by atoms with Crippen molar-refractivity contribution in [2.45, 2.75) is 58.8 Å². The lowest BCUT2D eigenvalue weighted by atomic mass is 10.1. The summed E-state index contributed by atoms with van der Waals surface area (Å²) >= 11 is 0. The molecule has 0 bridgehead atoms. The van der Waals surface area contributed by atoms with Gasteiger partial charge in [-0.2, -0.15) is 0 Å². The van der Waals surface area contributed by atoms with Gasteiger partial charge in [0.1, 0.15) is 0 Å². The fourth-order valence-electron chi connectivity index (χ4n) is 2.28. The number of pyridine rings is 1. The maximum absolute atomic E-state index is 11.9. The maximum Gasteiger partial charge on any atom is 0.222 e. The van der Waals surface area contributed by atoms with Crippen LogP contribution in [0.5, 0.6) is 0 Å². The third kappa shape index (κ3) is 6.69. The lowest BCUT2D eigenvalue weighted by Gasteiger charge is -2.20. The molecule has 1 heterocycles. The standard InChI is InChI=1S/C17H28N2O/c1-3-5-13-17(20)19(4-2)15-10-6-7-11-16-12-8-9-14-18-16/h8-9,12,14H,3-7,10-11,13,15H2,1-2H3. The number of carbonyl (C=O) groups excluding carboxylic acids is 1. The van der Waals surface area contributed by atoms with Gasteiger partial charge in [0.25, 0.3) is 0 Å². The lowest BCUT2D eigenvalue weighted by molar-refractivity contribution is -0.131. The summed E-state index contributed by atoms with van der Waals surface area (Å²) in [6.45, 7) is 5.93. The van der Waals surface area contributed by atoms with Crippen molar-refractivity contribution in [1.29, 1.82) is 0 Å². The van der Waals surface area contributed by atoms with Crippen LogP contribution in [0, 0.1) is 0 Å². The summed E-state index contributed by atoms with van der Waals surface area (Å²) in [5, 5.41) is 0. The van der Waals surface area contributed by atoms with Gasteiger partial charge < -0.3 is 4.90 Å². The van der Waals surface area contributed by atoms with Crippen LogP contribution in [0.2, 0.25) is 0 Å². The zero-order valence-corrected chi connectivity index (χ0v) is 13.0. The molecule has 1 aromatic heterocycles. The molecule has 0 radical (unpaired) electrons. The highest BCUT2D eigenvalue weighted by molar-refractivity contribution is 5.76. The second-order valence-corrected chi connectivity index (χ2v) is 5.21. The van der Waals surface area contributed by atoms with Gasteiger partial charge in [0.2, 0.25) is 5.91 Å². The van der Waals surface area contributed by atoms with Gasteiger partial charge in [-0.3, -0.25) is 9.78 Å². The molecule has 0 unspecified atom stereocenters. The molecule has 0 saturated carbocycles. The van der Waals surface area contributed by atoms with Crippen LogP contribution in [0.25, 0.3) is 0 Å². The maximum atomic E-state index is 11.9. The average Bonchev–Trinajstić information content (AvgIpc) is 2.49. The van der Waals surface area contributed by atoms with Crippen LogP contribution in [0.15, 0.2) is 24.4 Å². The fraction of sp³-hybridized carbons (Fsp3) is 0.647. The summed E-state index contributed by atoms with van der Waals surface area (Å²) in [5.41, 5.74) is 1.17. The van der Waals surface area contributed by atoms with Crippen molar-refractivity contribution >= 4 is 5.91 Å². The van der Waals surface area contributed by atoms with Gasteiger partial charge in [0, 0.05) is 31.4 Å². The first kappa shape index (κ1) is 16.7. The Balaban J connectivity index is 2.13. The van der Waals surface area contributed by atoms with E-state index in [0.29, 0.717) is 12.3 Å². The highest BCUT2D eigenvalue weighted by atomic mass is 16.2. The second kappa shape index (κ2) is 10.4. The zero-order valence-electron chi connectivity index (χ0n) is 13.0. The molecule has 112 valence electrons. The topological polar surface area (TPSA) is 33.2 Å². The Bertz CT molecular complexity index is 365. The van der Waals surface area contributed by atoms with Gasteiger partial charge in [-0.15, -0.1) is 0 Å². The summed E-state index contributed by atoms with van der Waals surface area (Å²) < 4.78 is 0. The molecule has 0 aliphatic heterocycles. The minimum Gasteiger partial charge on any atom is -0.343 e. The molecule has 0 spiro atoms. The third-order valence-electron chi connectivity index (χ3n) is 3.57. The van der Waals surface area contributed by atoms with Crippen LogP contribution in [0.1, 0.15) is 58.1 Å². The predicted molar refractivity (Wildman–Crippen MR) is 83.6 cm³/mol. The summed E-state index contributed by atoms with van der Waals surface area (Å²) in [6, 6.07) is 6.06. The first-order chi connectivity index (χ1) is 9.77. The molecule has 0 aliphatic rings. The number of hydrogen-bond donors (Lipinski definition) is 0. The Hall–Kier alpha value is -1.38. The molecule has 1 rings (SSSR count). The van der Waals surface area contributed by atoms with E-state index < -0.39 is 0 Å². The zero-order chi connectivity index (χ0) is 14.6. The van der Waals surface area contributed by atoms with E-state index in [-0.39, 0.29) is 0 Å². The Labute approximate surface area is 123 Å². The molecule has 0 aliphatic carbocycles. The van der Waals surface area contributed by atoms with Gasteiger partial charge in [-0.25, -0.2) is 0 Å². The first-order valence-electron chi connectivity index (χ1n) is 7.95. The molecule has 0 fully saturated rings. The first-order valence-corrected chi connectivity index (χ1v) is 7.95. The van der Waals surface area contributed by atoms with Crippen LogP contribution < -0.4 is 0 Å².